The highest BCUT2D eigenvalue weighted by Gasteiger charge is 2.09. The molecule has 1 heterocycles. The van der Waals surface area contributed by atoms with Crippen LogP contribution in [-0.2, 0) is 9.53 Å². The number of rotatable bonds is 6. The monoisotopic (exact) mass is 341 g/mol. The van der Waals surface area contributed by atoms with E-state index in [1.165, 1.54) is 0 Å². The average Bonchev–Trinajstić information content (AvgIpc) is 2.47. The van der Waals surface area contributed by atoms with Crippen molar-refractivity contribution in [3.05, 3.63) is 28.7 Å². The zero-order chi connectivity index (χ0) is 14.2. The van der Waals surface area contributed by atoms with Crippen molar-refractivity contribution < 1.29 is 9.53 Å². The second-order valence-electron chi connectivity index (χ2n) is 4.69. The topological polar surface area (TPSA) is 53.6 Å². The van der Waals surface area contributed by atoms with Crippen LogP contribution in [0.4, 0.5) is 5.69 Å². The van der Waals surface area contributed by atoms with E-state index in [1.54, 1.807) is 0 Å². The number of ether oxygens (including phenoxy) is 1. The van der Waals surface area contributed by atoms with Crippen molar-refractivity contribution in [2.24, 2.45) is 0 Å². The van der Waals surface area contributed by atoms with Crippen molar-refractivity contribution in [3.8, 4) is 0 Å². The predicted octanol–water partition coefficient (Wildman–Crippen LogP) is 1.31. The lowest BCUT2D eigenvalue weighted by atomic mass is 10.3. The van der Waals surface area contributed by atoms with Crippen LogP contribution in [0.1, 0.15) is 0 Å². The Hall–Kier alpha value is -0.950. The molecule has 5 nitrogen and oxygen atoms in total. The summed E-state index contributed by atoms with van der Waals surface area (Å²) in [6, 6.07) is 7.55. The predicted molar refractivity (Wildman–Crippen MR) is 82.9 cm³/mol. The van der Waals surface area contributed by atoms with Gasteiger partial charge in [-0.2, -0.15) is 0 Å². The van der Waals surface area contributed by atoms with E-state index < -0.39 is 0 Å². The summed E-state index contributed by atoms with van der Waals surface area (Å²) in [4.78, 5) is 14.1. The van der Waals surface area contributed by atoms with Gasteiger partial charge in [0.15, 0.2) is 0 Å². The summed E-state index contributed by atoms with van der Waals surface area (Å²) >= 11 is 3.36. The molecule has 1 aliphatic heterocycles. The third kappa shape index (κ3) is 5.58. The molecule has 1 fully saturated rings. The number of morpholine rings is 1. The van der Waals surface area contributed by atoms with Gasteiger partial charge in [0.05, 0.1) is 19.8 Å². The number of hydrogen-bond acceptors (Lipinski definition) is 4. The number of amides is 1. The highest BCUT2D eigenvalue weighted by molar-refractivity contribution is 9.10. The maximum absolute atomic E-state index is 11.7. The average molecular weight is 342 g/mol. The fourth-order valence-corrected chi connectivity index (χ4v) is 2.27. The summed E-state index contributed by atoms with van der Waals surface area (Å²) in [7, 11) is 0. The number of carbonyl (C=O) groups excluding carboxylic acids is 1. The van der Waals surface area contributed by atoms with Gasteiger partial charge in [-0.05, 0) is 24.3 Å². The molecule has 1 amide bonds. The molecule has 0 aromatic heterocycles. The van der Waals surface area contributed by atoms with Gasteiger partial charge in [0.1, 0.15) is 0 Å². The molecule has 1 saturated heterocycles. The molecule has 0 atom stereocenters. The molecule has 0 radical (unpaired) electrons. The van der Waals surface area contributed by atoms with E-state index in [-0.39, 0.29) is 5.91 Å². The first-order valence-electron chi connectivity index (χ1n) is 6.80. The van der Waals surface area contributed by atoms with Gasteiger partial charge in [-0.1, -0.05) is 15.9 Å². The second-order valence-corrected chi connectivity index (χ2v) is 5.60. The van der Waals surface area contributed by atoms with Crippen molar-refractivity contribution in [3.63, 3.8) is 0 Å². The molecule has 0 saturated carbocycles. The first-order chi connectivity index (χ1) is 9.74. The number of anilines is 1. The Bertz CT molecular complexity index is 419. The first kappa shape index (κ1) is 15.4. The Labute approximate surface area is 127 Å². The van der Waals surface area contributed by atoms with E-state index >= 15 is 0 Å². The largest absolute Gasteiger partial charge is 0.379 e. The SMILES string of the molecule is O=C(CNCCN1CCOCC1)Nc1ccc(Br)cc1. The lowest BCUT2D eigenvalue weighted by molar-refractivity contribution is -0.115. The molecule has 0 spiro atoms. The minimum absolute atomic E-state index is 0.0192. The smallest absolute Gasteiger partial charge is 0.238 e. The molecule has 0 bridgehead atoms. The van der Waals surface area contributed by atoms with Crippen LogP contribution in [-0.4, -0.2) is 56.7 Å². The van der Waals surface area contributed by atoms with Crippen LogP contribution in [0.15, 0.2) is 28.7 Å². The van der Waals surface area contributed by atoms with Gasteiger partial charge in [0.2, 0.25) is 5.91 Å². The molecule has 2 rings (SSSR count). The fourth-order valence-electron chi connectivity index (χ4n) is 2.00. The van der Waals surface area contributed by atoms with Gasteiger partial charge in [-0.25, -0.2) is 0 Å². The number of benzene rings is 1. The molecule has 1 aromatic carbocycles. The molecular weight excluding hydrogens is 322 g/mol. The summed E-state index contributed by atoms with van der Waals surface area (Å²) < 4.78 is 6.29. The van der Waals surface area contributed by atoms with Crippen LogP contribution in [0, 0.1) is 0 Å². The van der Waals surface area contributed by atoms with Crippen molar-refractivity contribution in [1.29, 1.82) is 0 Å². The molecule has 0 aliphatic carbocycles. The Balaban J connectivity index is 1.59. The molecule has 6 heteroatoms. The van der Waals surface area contributed by atoms with Gasteiger partial charge in [0, 0.05) is 36.3 Å². The van der Waals surface area contributed by atoms with E-state index in [0.717, 1.165) is 49.6 Å². The van der Waals surface area contributed by atoms with Crippen LogP contribution in [0.5, 0.6) is 0 Å². The molecule has 0 unspecified atom stereocenters. The van der Waals surface area contributed by atoms with Crippen LogP contribution in [0.3, 0.4) is 0 Å². The van der Waals surface area contributed by atoms with Gasteiger partial charge in [0.25, 0.3) is 0 Å². The van der Waals surface area contributed by atoms with E-state index in [9.17, 15) is 4.79 Å². The minimum atomic E-state index is -0.0192. The first-order valence-corrected chi connectivity index (χ1v) is 7.59. The van der Waals surface area contributed by atoms with E-state index in [0.29, 0.717) is 6.54 Å². The summed E-state index contributed by atoms with van der Waals surface area (Å²) in [5.74, 6) is -0.0192. The van der Waals surface area contributed by atoms with Gasteiger partial charge in [-0.3, -0.25) is 9.69 Å². The van der Waals surface area contributed by atoms with E-state index in [4.69, 9.17) is 4.74 Å². The zero-order valence-electron chi connectivity index (χ0n) is 11.4. The third-order valence-corrected chi connectivity index (χ3v) is 3.65. The van der Waals surface area contributed by atoms with Crippen molar-refractivity contribution in [2.45, 2.75) is 0 Å². The van der Waals surface area contributed by atoms with Crippen molar-refractivity contribution in [1.82, 2.24) is 10.2 Å². The number of carbonyl (C=O) groups is 1. The lowest BCUT2D eigenvalue weighted by Gasteiger charge is -2.26. The number of nitrogens with zero attached hydrogens (tertiary/aromatic N) is 1. The molecule has 1 aliphatic rings. The van der Waals surface area contributed by atoms with Gasteiger partial charge >= 0.3 is 0 Å². The summed E-state index contributed by atoms with van der Waals surface area (Å²) in [5.41, 5.74) is 0.813. The van der Waals surface area contributed by atoms with Crippen LogP contribution >= 0.6 is 15.9 Å². The summed E-state index contributed by atoms with van der Waals surface area (Å²) in [5, 5.41) is 6.01. The van der Waals surface area contributed by atoms with Gasteiger partial charge < -0.3 is 15.4 Å². The zero-order valence-corrected chi connectivity index (χ0v) is 13.0. The molecule has 20 heavy (non-hydrogen) atoms. The maximum Gasteiger partial charge on any atom is 0.238 e. The minimum Gasteiger partial charge on any atom is -0.379 e. The molecule has 110 valence electrons. The van der Waals surface area contributed by atoms with Crippen molar-refractivity contribution in [2.75, 3.05) is 51.3 Å². The normalized spacial score (nSPS) is 16.1. The van der Waals surface area contributed by atoms with Crippen LogP contribution in [0.25, 0.3) is 0 Å². The summed E-state index contributed by atoms with van der Waals surface area (Å²) in [6.45, 7) is 5.68. The number of nitrogens with one attached hydrogen (secondary N) is 2. The molecule has 1 aromatic rings. The standard InChI is InChI=1S/C14H20BrN3O2/c15-12-1-3-13(4-2-12)17-14(19)11-16-5-6-18-7-9-20-10-8-18/h1-4,16H,5-11H2,(H,17,19). The van der Waals surface area contributed by atoms with Gasteiger partial charge in [-0.15, -0.1) is 0 Å². The Morgan fingerprint density at radius 2 is 1.95 bits per heavy atom. The molecular formula is C14H20BrN3O2. The number of hydrogen-bond donors (Lipinski definition) is 2. The number of halogens is 1. The van der Waals surface area contributed by atoms with Crippen LogP contribution < -0.4 is 10.6 Å². The second kappa shape index (κ2) is 8.36. The van der Waals surface area contributed by atoms with E-state index in [1.807, 2.05) is 24.3 Å². The third-order valence-electron chi connectivity index (χ3n) is 3.12. The fraction of sp³-hybridized carbons (Fsp3) is 0.500. The molecule has 2 N–H and O–H groups in total. The highest BCUT2D eigenvalue weighted by atomic mass is 79.9. The van der Waals surface area contributed by atoms with Crippen molar-refractivity contribution >= 4 is 27.5 Å². The summed E-state index contributed by atoms with van der Waals surface area (Å²) in [6.07, 6.45) is 0. The Kier molecular flexibility index (Phi) is 6.46. The highest BCUT2D eigenvalue weighted by Crippen LogP contribution is 2.13. The maximum atomic E-state index is 11.7. The lowest BCUT2D eigenvalue weighted by Crippen LogP contribution is -2.41. The quantitative estimate of drug-likeness (QED) is 0.766. The Morgan fingerprint density at radius 1 is 1.25 bits per heavy atom. The Morgan fingerprint density at radius 3 is 2.65 bits per heavy atom. The van der Waals surface area contributed by atoms with E-state index in [2.05, 4.69) is 31.5 Å². The van der Waals surface area contributed by atoms with Crippen LogP contribution in [0.2, 0.25) is 0 Å².